The Balaban J connectivity index is 2.92. The van der Waals surface area contributed by atoms with Crippen molar-refractivity contribution in [1.29, 1.82) is 0 Å². The predicted molar refractivity (Wildman–Crippen MR) is 60.3 cm³/mol. The second-order valence-corrected chi connectivity index (χ2v) is 5.42. The van der Waals surface area contributed by atoms with E-state index in [0.29, 0.717) is 12.3 Å². The fourth-order valence-electron chi connectivity index (χ4n) is 3.02. The molecule has 1 aliphatic rings. The van der Waals surface area contributed by atoms with Crippen LogP contribution in [0.1, 0.15) is 46.5 Å². The number of esters is 1. The van der Waals surface area contributed by atoms with E-state index in [1.807, 2.05) is 13.8 Å². The Kier molecular flexibility index (Phi) is 3.44. The molecule has 1 fully saturated rings. The van der Waals surface area contributed by atoms with Crippen LogP contribution >= 0.6 is 0 Å². The molecular weight excluding hydrogens is 190 g/mol. The number of hydrogen-bond acceptors (Lipinski definition) is 3. The molecule has 2 unspecified atom stereocenters. The zero-order valence-corrected chi connectivity index (χ0v) is 10.3. The highest BCUT2D eigenvalue weighted by Crippen LogP contribution is 2.52. The predicted octanol–water partition coefficient (Wildman–Crippen LogP) is 2.09. The lowest BCUT2D eigenvalue weighted by atomic mass is 9.64. The molecule has 0 aliphatic heterocycles. The number of ether oxygens (including phenoxy) is 1. The van der Waals surface area contributed by atoms with Gasteiger partial charge in [0.25, 0.3) is 0 Å². The van der Waals surface area contributed by atoms with Crippen LogP contribution in [0.2, 0.25) is 0 Å². The summed E-state index contributed by atoms with van der Waals surface area (Å²) in [7, 11) is 1.44. The van der Waals surface area contributed by atoms with Crippen molar-refractivity contribution in [2.45, 2.75) is 52.0 Å². The van der Waals surface area contributed by atoms with Crippen LogP contribution in [0.3, 0.4) is 0 Å². The molecule has 0 saturated heterocycles. The maximum atomic E-state index is 11.5. The van der Waals surface area contributed by atoms with E-state index in [4.69, 9.17) is 10.5 Å². The van der Waals surface area contributed by atoms with E-state index < -0.39 is 0 Å². The molecule has 0 bridgehead atoms. The van der Waals surface area contributed by atoms with Crippen LogP contribution in [0, 0.1) is 11.3 Å². The number of hydrogen-bond donors (Lipinski definition) is 1. The minimum atomic E-state index is -0.322. The van der Waals surface area contributed by atoms with E-state index in [9.17, 15) is 4.79 Å². The monoisotopic (exact) mass is 213 g/mol. The van der Waals surface area contributed by atoms with Gasteiger partial charge in [-0.3, -0.25) is 4.79 Å². The summed E-state index contributed by atoms with van der Waals surface area (Å²) in [5, 5.41) is 0. The van der Waals surface area contributed by atoms with E-state index in [2.05, 4.69) is 6.92 Å². The minimum Gasteiger partial charge on any atom is -0.469 e. The van der Waals surface area contributed by atoms with E-state index in [1.54, 1.807) is 0 Å². The van der Waals surface area contributed by atoms with Crippen LogP contribution in [-0.4, -0.2) is 18.6 Å². The largest absolute Gasteiger partial charge is 0.469 e. The summed E-state index contributed by atoms with van der Waals surface area (Å²) in [6, 6.07) is 0. The van der Waals surface area contributed by atoms with Gasteiger partial charge in [0.05, 0.1) is 13.5 Å². The number of rotatable bonds is 3. The van der Waals surface area contributed by atoms with Crippen LogP contribution in [0.5, 0.6) is 0 Å². The molecule has 0 aromatic carbocycles. The highest BCUT2D eigenvalue weighted by atomic mass is 16.5. The van der Waals surface area contributed by atoms with Crippen LogP contribution in [0.25, 0.3) is 0 Å². The van der Waals surface area contributed by atoms with Gasteiger partial charge < -0.3 is 10.5 Å². The maximum Gasteiger partial charge on any atom is 0.306 e. The van der Waals surface area contributed by atoms with Gasteiger partial charge >= 0.3 is 5.97 Å². The molecule has 2 N–H and O–H groups in total. The fourth-order valence-corrected chi connectivity index (χ4v) is 3.02. The highest BCUT2D eigenvalue weighted by Gasteiger charge is 2.50. The molecule has 0 aromatic heterocycles. The first-order valence-corrected chi connectivity index (χ1v) is 5.69. The van der Waals surface area contributed by atoms with Crippen molar-refractivity contribution >= 4 is 5.97 Å². The molecule has 1 aliphatic carbocycles. The SMILES string of the molecule is COC(=O)CC1(C(C)(C)N)CCCC1C. The first kappa shape index (κ1) is 12.5. The van der Waals surface area contributed by atoms with Gasteiger partial charge in [0.2, 0.25) is 0 Å². The molecule has 1 rings (SSSR count). The summed E-state index contributed by atoms with van der Waals surface area (Å²) in [5.74, 6) is 0.360. The Labute approximate surface area is 92.4 Å². The van der Waals surface area contributed by atoms with Crippen molar-refractivity contribution in [3.05, 3.63) is 0 Å². The number of carbonyl (C=O) groups excluding carboxylic acids is 1. The van der Waals surface area contributed by atoms with Crippen molar-refractivity contribution in [3.63, 3.8) is 0 Å². The van der Waals surface area contributed by atoms with Crippen LogP contribution in [-0.2, 0) is 9.53 Å². The first-order chi connectivity index (χ1) is 6.83. The van der Waals surface area contributed by atoms with E-state index >= 15 is 0 Å². The average molecular weight is 213 g/mol. The molecule has 1 saturated carbocycles. The van der Waals surface area contributed by atoms with Gasteiger partial charge in [0.1, 0.15) is 0 Å². The van der Waals surface area contributed by atoms with Gasteiger partial charge in [-0.25, -0.2) is 0 Å². The fraction of sp³-hybridized carbons (Fsp3) is 0.917. The van der Waals surface area contributed by atoms with Crippen LogP contribution in [0.15, 0.2) is 0 Å². The summed E-state index contributed by atoms with van der Waals surface area (Å²) in [6.45, 7) is 6.25. The van der Waals surface area contributed by atoms with Crippen LogP contribution < -0.4 is 5.73 Å². The molecule has 0 amide bonds. The standard InChI is InChI=1S/C12H23NO2/c1-9-6-5-7-12(9,11(2,3)13)8-10(14)15-4/h9H,5-8,13H2,1-4H3. The normalized spacial score (nSPS) is 31.7. The highest BCUT2D eigenvalue weighted by molar-refractivity contribution is 5.70. The van der Waals surface area contributed by atoms with Gasteiger partial charge in [0.15, 0.2) is 0 Å². The van der Waals surface area contributed by atoms with Gasteiger partial charge in [-0.2, -0.15) is 0 Å². The zero-order valence-electron chi connectivity index (χ0n) is 10.3. The molecule has 0 aromatic rings. The Hall–Kier alpha value is -0.570. The molecular formula is C12H23NO2. The van der Waals surface area contributed by atoms with Gasteiger partial charge in [-0.05, 0) is 26.2 Å². The molecule has 3 heteroatoms. The van der Waals surface area contributed by atoms with Gasteiger partial charge in [-0.15, -0.1) is 0 Å². The van der Waals surface area contributed by atoms with Gasteiger partial charge in [0, 0.05) is 11.0 Å². The molecule has 3 nitrogen and oxygen atoms in total. The second kappa shape index (κ2) is 4.12. The van der Waals surface area contributed by atoms with E-state index in [1.165, 1.54) is 13.5 Å². The Morgan fingerprint density at radius 2 is 2.20 bits per heavy atom. The Bertz CT molecular complexity index is 244. The molecule has 0 heterocycles. The summed E-state index contributed by atoms with van der Waals surface area (Å²) in [4.78, 5) is 11.5. The van der Waals surface area contributed by atoms with E-state index in [-0.39, 0.29) is 16.9 Å². The van der Waals surface area contributed by atoms with Crippen molar-refractivity contribution in [2.75, 3.05) is 7.11 Å². The van der Waals surface area contributed by atoms with Crippen molar-refractivity contribution in [1.82, 2.24) is 0 Å². The summed E-state index contributed by atoms with van der Waals surface area (Å²) in [6.07, 6.45) is 3.82. The number of carbonyl (C=O) groups is 1. The third-order valence-electron chi connectivity index (χ3n) is 4.17. The number of methoxy groups -OCH3 is 1. The third-order valence-corrected chi connectivity index (χ3v) is 4.17. The third kappa shape index (κ3) is 2.17. The maximum absolute atomic E-state index is 11.5. The first-order valence-electron chi connectivity index (χ1n) is 5.69. The van der Waals surface area contributed by atoms with E-state index in [0.717, 1.165) is 12.8 Å². The Morgan fingerprint density at radius 3 is 2.53 bits per heavy atom. The molecule has 15 heavy (non-hydrogen) atoms. The molecule has 2 atom stereocenters. The average Bonchev–Trinajstić information content (AvgIpc) is 2.48. The zero-order chi connectivity index (χ0) is 11.7. The molecule has 0 radical (unpaired) electrons. The van der Waals surface area contributed by atoms with Crippen molar-refractivity contribution < 1.29 is 9.53 Å². The molecule has 0 spiro atoms. The summed E-state index contributed by atoms with van der Waals surface area (Å²) >= 11 is 0. The molecule has 88 valence electrons. The van der Waals surface area contributed by atoms with Crippen LogP contribution in [0.4, 0.5) is 0 Å². The van der Waals surface area contributed by atoms with Crippen molar-refractivity contribution in [3.8, 4) is 0 Å². The summed E-state index contributed by atoms with van der Waals surface area (Å²) in [5.41, 5.74) is 5.86. The minimum absolute atomic E-state index is 0.0832. The topological polar surface area (TPSA) is 52.3 Å². The Morgan fingerprint density at radius 1 is 1.60 bits per heavy atom. The lowest BCUT2D eigenvalue weighted by molar-refractivity contribution is -0.145. The van der Waals surface area contributed by atoms with Gasteiger partial charge in [-0.1, -0.05) is 19.8 Å². The lowest BCUT2D eigenvalue weighted by Gasteiger charge is -2.44. The summed E-state index contributed by atoms with van der Waals surface area (Å²) < 4.78 is 4.79. The van der Waals surface area contributed by atoms with Crippen molar-refractivity contribution in [2.24, 2.45) is 17.1 Å². The second-order valence-electron chi connectivity index (χ2n) is 5.42. The number of nitrogens with two attached hydrogens (primary N) is 1. The smallest absolute Gasteiger partial charge is 0.306 e. The lowest BCUT2D eigenvalue weighted by Crippen LogP contribution is -2.53. The quantitative estimate of drug-likeness (QED) is 0.730.